The maximum atomic E-state index is 12.1. The fraction of sp³-hybridized carbons (Fsp3) is 0.188. The number of rotatable bonds is 5. The molecule has 0 spiro atoms. The van der Waals surface area contributed by atoms with Gasteiger partial charge in [0.1, 0.15) is 12.9 Å². The van der Waals surface area contributed by atoms with E-state index in [1.807, 2.05) is 12.3 Å². The molecule has 0 aliphatic carbocycles. The predicted molar refractivity (Wildman–Crippen MR) is 86.8 cm³/mol. The third kappa shape index (κ3) is 2.95. The molecule has 0 saturated carbocycles. The topological polar surface area (TPSA) is 69.9 Å². The van der Waals surface area contributed by atoms with Crippen molar-refractivity contribution in [3.05, 3.63) is 57.0 Å². The monoisotopic (exact) mass is 330 g/mol. The standard InChI is InChI=1S/C16H14N2O4S/c1-10-9-23-16-17-12(6-15(20)18(10)16)8-22-13-4-3-11(7-19)5-14(13)21-2/h3-7,9H,8H2,1-2H3. The van der Waals surface area contributed by atoms with Crippen LogP contribution in [-0.4, -0.2) is 22.8 Å². The third-order valence-corrected chi connectivity index (χ3v) is 4.27. The number of carbonyl (C=O) groups excluding carboxylic acids is 1. The van der Waals surface area contributed by atoms with Gasteiger partial charge in [-0.25, -0.2) is 4.98 Å². The zero-order valence-electron chi connectivity index (χ0n) is 12.6. The van der Waals surface area contributed by atoms with Crippen molar-refractivity contribution in [2.24, 2.45) is 0 Å². The van der Waals surface area contributed by atoms with Crippen LogP contribution >= 0.6 is 11.3 Å². The molecule has 2 aromatic heterocycles. The summed E-state index contributed by atoms with van der Waals surface area (Å²) in [6.07, 6.45) is 0.738. The lowest BCUT2D eigenvalue weighted by Crippen LogP contribution is -2.16. The molecule has 0 radical (unpaired) electrons. The van der Waals surface area contributed by atoms with Crippen LogP contribution in [0.2, 0.25) is 0 Å². The summed E-state index contributed by atoms with van der Waals surface area (Å²) < 4.78 is 12.4. The van der Waals surface area contributed by atoms with E-state index in [-0.39, 0.29) is 12.2 Å². The Labute approximate surface area is 135 Å². The molecule has 0 saturated heterocycles. The van der Waals surface area contributed by atoms with Gasteiger partial charge in [0.2, 0.25) is 0 Å². The van der Waals surface area contributed by atoms with E-state index < -0.39 is 0 Å². The molecule has 0 aliphatic rings. The van der Waals surface area contributed by atoms with Crippen molar-refractivity contribution in [3.8, 4) is 11.5 Å². The summed E-state index contributed by atoms with van der Waals surface area (Å²) in [5.41, 5.74) is 1.77. The summed E-state index contributed by atoms with van der Waals surface area (Å²) in [4.78, 5) is 28.0. The second kappa shape index (κ2) is 6.21. The first-order chi connectivity index (χ1) is 11.1. The maximum Gasteiger partial charge on any atom is 0.259 e. The lowest BCUT2D eigenvalue weighted by atomic mass is 10.2. The lowest BCUT2D eigenvalue weighted by Gasteiger charge is -2.10. The molecular formula is C16H14N2O4S. The van der Waals surface area contributed by atoms with Crippen LogP contribution in [0.5, 0.6) is 11.5 Å². The number of aromatic nitrogens is 2. The molecule has 0 N–H and O–H groups in total. The number of aryl methyl sites for hydroxylation is 1. The summed E-state index contributed by atoms with van der Waals surface area (Å²) >= 11 is 1.41. The van der Waals surface area contributed by atoms with Crippen LogP contribution in [-0.2, 0) is 6.61 Å². The minimum absolute atomic E-state index is 0.129. The van der Waals surface area contributed by atoms with Crippen molar-refractivity contribution in [3.63, 3.8) is 0 Å². The van der Waals surface area contributed by atoms with Crippen LogP contribution in [0.3, 0.4) is 0 Å². The van der Waals surface area contributed by atoms with Crippen molar-refractivity contribution in [2.45, 2.75) is 13.5 Å². The highest BCUT2D eigenvalue weighted by Gasteiger charge is 2.09. The van der Waals surface area contributed by atoms with Gasteiger partial charge in [0.05, 0.1) is 12.8 Å². The Bertz CT molecular complexity index is 929. The fourth-order valence-corrected chi connectivity index (χ4v) is 3.09. The summed E-state index contributed by atoms with van der Waals surface area (Å²) in [6.45, 7) is 2.00. The minimum atomic E-state index is -0.129. The third-order valence-electron chi connectivity index (χ3n) is 3.33. The highest BCUT2D eigenvalue weighted by atomic mass is 32.1. The van der Waals surface area contributed by atoms with Gasteiger partial charge in [-0.3, -0.25) is 14.0 Å². The SMILES string of the molecule is COc1cc(C=O)ccc1OCc1cc(=O)n2c(C)csc2n1. The number of hydrogen-bond acceptors (Lipinski definition) is 6. The molecule has 1 aromatic carbocycles. The molecule has 0 amide bonds. The number of methoxy groups -OCH3 is 1. The first-order valence-electron chi connectivity index (χ1n) is 6.85. The van der Waals surface area contributed by atoms with E-state index >= 15 is 0 Å². The predicted octanol–water partition coefficient (Wildman–Crippen LogP) is 2.46. The van der Waals surface area contributed by atoms with Crippen molar-refractivity contribution < 1.29 is 14.3 Å². The number of fused-ring (bicyclic) bond motifs is 1. The molecule has 23 heavy (non-hydrogen) atoms. The molecule has 0 unspecified atom stereocenters. The zero-order chi connectivity index (χ0) is 16.4. The van der Waals surface area contributed by atoms with Gasteiger partial charge in [0.25, 0.3) is 5.56 Å². The van der Waals surface area contributed by atoms with E-state index in [0.717, 1.165) is 12.0 Å². The molecule has 3 rings (SSSR count). The van der Waals surface area contributed by atoms with Crippen LogP contribution in [0.25, 0.3) is 4.96 Å². The molecule has 6 nitrogen and oxygen atoms in total. The van der Waals surface area contributed by atoms with E-state index in [2.05, 4.69) is 4.98 Å². The number of benzene rings is 1. The van der Waals surface area contributed by atoms with Crippen LogP contribution in [0.15, 0.2) is 34.4 Å². The highest BCUT2D eigenvalue weighted by molar-refractivity contribution is 7.15. The number of hydrogen-bond donors (Lipinski definition) is 0. The number of thiazole rings is 1. The summed E-state index contributed by atoms with van der Waals surface area (Å²) in [6, 6.07) is 6.34. The van der Waals surface area contributed by atoms with Crippen LogP contribution in [0.1, 0.15) is 21.7 Å². The molecule has 118 valence electrons. The number of ether oxygens (including phenoxy) is 2. The zero-order valence-corrected chi connectivity index (χ0v) is 13.4. The Morgan fingerprint density at radius 2 is 2.13 bits per heavy atom. The Balaban J connectivity index is 1.86. The first kappa shape index (κ1) is 15.2. The molecule has 2 heterocycles. The van der Waals surface area contributed by atoms with Crippen LogP contribution < -0.4 is 15.0 Å². The van der Waals surface area contributed by atoms with Crippen molar-refractivity contribution in [1.82, 2.24) is 9.38 Å². The average Bonchev–Trinajstić information content (AvgIpc) is 2.94. The number of nitrogens with zero attached hydrogens (tertiary/aromatic N) is 2. The summed E-state index contributed by atoms with van der Waals surface area (Å²) in [7, 11) is 1.50. The molecule has 0 fully saturated rings. The van der Waals surface area contributed by atoms with Crippen molar-refractivity contribution in [2.75, 3.05) is 7.11 Å². The fourth-order valence-electron chi connectivity index (χ4n) is 2.20. The van der Waals surface area contributed by atoms with Crippen molar-refractivity contribution in [1.29, 1.82) is 0 Å². The highest BCUT2D eigenvalue weighted by Crippen LogP contribution is 2.28. The van der Waals surface area contributed by atoms with Gasteiger partial charge in [-0.05, 0) is 25.1 Å². The van der Waals surface area contributed by atoms with Gasteiger partial charge >= 0.3 is 0 Å². The van der Waals surface area contributed by atoms with E-state index in [4.69, 9.17) is 9.47 Å². The number of carbonyl (C=O) groups is 1. The molecule has 3 aromatic rings. The Hall–Kier alpha value is -2.67. The van der Waals surface area contributed by atoms with E-state index in [9.17, 15) is 9.59 Å². The van der Waals surface area contributed by atoms with Gasteiger partial charge in [-0.1, -0.05) is 0 Å². The second-order valence-electron chi connectivity index (χ2n) is 4.90. The molecule has 0 bridgehead atoms. The largest absolute Gasteiger partial charge is 0.493 e. The molecular weight excluding hydrogens is 316 g/mol. The van der Waals surface area contributed by atoms with Crippen LogP contribution in [0, 0.1) is 6.92 Å². The smallest absolute Gasteiger partial charge is 0.259 e. The van der Waals surface area contributed by atoms with Crippen molar-refractivity contribution >= 4 is 22.6 Å². The van der Waals surface area contributed by atoms with E-state index in [1.165, 1.54) is 24.5 Å². The Morgan fingerprint density at radius 1 is 1.30 bits per heavy atom. The van der Waals surface area contributed by atoms with E-state index in [0.29, 0.717) is 27.7 Å². The number of aldehydes is 1. The average molecular weight is 330 g/mol. The van der Waals surface area contributed by atoms with Gasteiger partial charge in [0, 0.05) is 22.7 Å². The molecule has 0 atom stereocenters. The van der Waals surface area contributed by atoms with Gasteiger partial charge in [0.15, 0.2) is 16.5 Å². The second-order valence-corrected chi connectivity index (χ2v) is 5.73. The molecule has 7 heteroatoms. The van der Waals surface area contributed by atoms with Gasteiger partial charge in [-0.15, -0.1) is 11.3 Å². The van der Waals surface area contributed by atoms with Crippen LogP contribution in [0.4, 0.5) is 0 Å². The lowest BCUT2D eigenvalue weighted by molar-refractivity contribution is 0.112. The quantitative estimate of drug-likeness (QED) is 0.672. The minimum Gasteiger partial charge on any atom is -0.493 e. The Kier molecular flexibility index (Phi) is 4.12. The normalized spacial score (nSPS) is 10.7. The van der Waals surface area contributed by atoms with Gasteiger partial charge in [-0.2, -0.15) is 0 Å². The summed E-state index contributed by atoms with van der Waals surface area (Å²) in [5, 5.41) is 1.88. The first-order valence-corrected chi connectivity index (χ1v) is 7.73. The summed E-state index contributed by atoms with van der Waals surface area (Å²) in [5.74, 6) is 0.946. The van der Waals surface area contributed by atoms with Gasteiger partial charge < -0.3 is 9.47 Å². The maximum absolute atomic E-state index is 12.1. The Morgan fingerprint density at radius 3 is 2.87 bits per heavy atom. The van der Waals surface area contributed by atoms with E-state index in [1.54, 1.807) is 22.6 Å². The molecule has 0 aliphatic heterocycles.